The third-order valence-electron chi connectivity index (χ3n) is 4.81. The molecular weight excluding hydrogens is 334 g/mol. The molecule has 0 aliphatic carbocycles. The van der Waals surface area contributed by atoms with E-state index in [4.69, 9.17) is 0 Å². The first kappa shape index (κ1) is 19.9. The quantitative estimate of drug-likeness (QED) is 0.620. The van der Waals surface area contributed by atoms with Gasteiger partial charge in [-0.1, -0.05) is 17.7 Å². The Morgan fingerprint density at radius 2 is 1.96 bits per heavy atom. The number of nitrogens with one attached hydrogen (secondary N) is 3. The summed E-state index contributed by atoms with van der Waals surface area (Å²) in [4.78, 5) is 35.7. The number of carbonyl (C=O) groups is 3. The lowest BCUT2D eigenvalue weighted by molar-refractivity contribution is -0.138. The van der Waals surface area contributed by atoms with E-state index in [2.05, 4.69) is 16.0 Å². The van der Waals surface area contributed by atoms with E-state index in [9.17, 15) is 19.5 Å². The van der Waals surface area contributed by atoms with Gasteiger partial charge >= 0.3 is 12.0 Å². The minimum absolute atomic E-state index is 0.207. The molecule has 1 aromatic carbocycles. The predicted octanol–water partition coefficient (Wildman–Crippen LogP) is 2.01. The Kier molecular flexibility index (Phi) is 7.15. The molecule has 7 heteroatoms. The highest BCUT2D eigenvalue weighted by Gasteiger charge is 2.22. The van der Waals surface area contributed by atoms with Crippen molar-refractivity contribution in [3.63, 3.8) is 0 Å². The summed E-state index contributed by atoms with van der Waals surface area (Å²) >= 11 is 0. The maximum absolute atomic E-state index is 12.4. The molecule has 7 nitrogen and oxygen atoms in total. The van der Waals surface area contributed by atoms with Crippen LogP contribution in [0.4, 0.5) is 4.79 Å². The van der Waals surface area contributed by atoms with E-state index >= 15 is 0 Å². The molecule has 1 aliphatic rings. The number of piperidine rings is 1. The molecule has 0 aromatic heterocycles. The van der Waals surface area contributed by atoms with Crippen LogP contribution >= 0.6 is 0 Å². The minimum Gasteiger partial charge on any atom is -0.481 e. The summed E-state index contributed by atoms with van der Waals surface area (Å²) in [6.45, 7) is 5.87. The molecule has 0 spiro atoms. The maximum Gasteiger partial charge on any atom is 0.321 e. The number of hydrogen-bond acceptors (Lipinski definition) is 4. The first-order chi connectivity index (χ1) is 12.4. The number of rotatable bonds is 6. The van der Waals surface area contributed by atoms with Gasteiger partial charge in [-0.15, -0.1) is 0 Å². The summed E-state index contributed by atoms with van der Waals surface area (Å²) in [5, 5.41) is 17.5. The Bertz CT molecular complexity index is 669. The van der Waals surface area contributed by atoms with Crippen molar-refractivity contribution >= 4 is 17.9 Å². The van der Waals surface area contributed by atoms with Gasteiger partial charge in [0.2, 0.25) is 0 Å². The number of carboxylic acid groups (broad SMARTS) is 1. The Hall–Kier alpha value is -2.41. The van der Waals surface area contributed by atoms with E-state index in [1.165, 1.54) is 6.92 Å². The number of urea groups is 1. The molecule has 0 bridgehead atoms. The SMILES string of the molecule is Cc1ccc(C(=O)NC(=O)NCCC2CCNCC2)c(C(C)C(=O)O)c1. The molecular formula is C19H27N3O4. The van der Waals surface area contributed by atoms with Gasteiger partial charge in [-0.2, -0.15) is 0 Å². The van der Waals surface area contributed by atoms with E-state index in [1.807, 2.05) is 6.92 Å². The van der Waals surface area contributed by atoms with Gasteiger partial charge in [-0.25, -0.2) is 4.79 Å². The number of aryl methyl sites for hydroxylation is 1. The van der Waals surface area contributed by atoms with Gasteiger partial charge in [0.25, 0.3) is 5.91 Å². The molecule has 3 amide bonds. The Balaban J connectivity index is 1.92. The normalized spacial score (nSPS) is 15.9. The van der Waals surface area contributed by atoms with Crippen molar-refractivity contribution in [2.24, 2.45) is 5.92 Å². The molecule has 1 saturated heterocycles. The van der Waals surface area contributed by atoms with Crippen molar-refractivity contribution in [1.29, 1.82) is 0 Å². The van der Waals surface area contributed by atoms with Crippen LogP contribution in [0.3, 0.4) is 0 Å². The van der Waals surface area contributed by atoms with Gasteiger partial charge in [0.1, 0.15) is 0 Å². The van der Waals surface area contributed by atoms with Crippen LogP contribution in [0.1, 0.15) is 53.6 Å². The van der Waals surface area contributed by atoms with Crippen LogP contribution in [0.15, 0.2) is 18.2 Å². The van der Waals surface area contributed by atoms with Crippen LogP contribution in [0.25, 0.3) is 0 Å². The van der Waals surface area contributed by atoms with Crippen LogP contribution in [0, 0.1) is 12.8 Å². The molecule has 0 saturated carbocycles. The molecule has 1 fully saturated rings. The van der Waals surface area contributed by atoms with Crippen molar-refractivity contribution in [1.82, 2.24) is 16.0 Å². The molecule has 1 heterocycles. The summed E-state index contributed by atoms with van der Waals surface area (Å²) in [6.07, 6.45) is 3.08. The fourth-order valence-electron chi connectivity index (χ4n) is 3.16. The van der Waals surface area contributed by atoms with Gasteiger partial charge in [0.15, 0.2) is 0 Å². The molecule has 1 aliphatic heterocycles. The summed E-state index contributed by atoms with van der Waals surface area (Å²) < 4.78 is 0. The average molecular weight is 361 g/mol. The van der Waals surface area contributed by atoms with Gasteiger partial charge in [-0.05, 0) is 63.7 Å². The Morgan fingerprint density at radius 1 is 1.27 bits per heavy atom. The zero-order valence-electron chi connectivity index (χ0n) is 15.3. The zero-order chi connectivity index (χ0) is 19.1. The summed E-state index contributed by atoms with van der Waals surface area (Å²) in [7, 11) is 0. The van der Waals surface area contributed by atoms with E-state index in [1.54, 1.807) is 18.2 Å². The highest BCUT2D eigenvalue weighted by atomic mass is 16.4. The predicted molar refractivity (Wildman–Crippen MR) is 98.3 cm³/mol. The van der Waals surface area contributed by atoms with Crippen LogP contribution in [0.5, 0.6) is 0 Å². The molecule has 142 valence electrons. The minimum atomic E-state index is -1.02. The van der Waals surface area contributed by atoms with Gasteiger partial charge in [-0.3, -0.25) is 14.9 Å². The number of aliphatic carboxylic acids is 1. The van der Waals surface area contributed by atoms with Crippen LogP contribution in [0.2, 0.25) is 0 Å². The molecule has 4 N–H and O–H groups in total. The second-order valence-electron chi connectivity index (χ2n) is 6.84. The lowest BCUT2D eigenvalue weighted by atomic mass is 9.93. The lowest BCUT2D eigenvalue weighted by Gasteiger charge is -2.22. The zero-order valence-corrected chi connectivity index (χ0v) is 15.3. The highest BCUT2D eigenvalue weighted by molar-refractivity contribution is 6.05. The van der Waals surface area contributed by atoms with E-state index in [0.29, 0.717) is 18.0 Å². The van der Waals surface area contributed by atoms with E-state index in [0.717, 1.165) is 37.9 Å². The fraction of sp³-hybridized carbons (Fsp3) is 0.526. The van der Waals surface area contributed by atoms with Crippen molar-refractivity contribution in [3.05, 3.63) is 34.9 Å². The number of imide groups is 1. The van der Waals surface area contributed by atoms with Crippen molar-refractivity contribution < 1.29 is 19.5 Å². The van der Waals surface area contributed by atoms with Crippen LogP contribution in [-0.2, 0) is 4.79 Å². The molecule has 26 heavy (non-hydrogen) atoms. The van der Waals surface area contributed by atoms with Crippen LogP contribution < -0.4 is 16.0 Å². The van der Waals surface area contributed by atoms with E-state index < -0.39 is 23.8 Å². The molecule has 1 atom stereocenters. The number of amides is 3. The number of benzene rings is 1. The number of carbonyl (C=O) groups excluding carboxylic acids is 2. The number of carboxylic acids is 1. The third-order valence-corrected chi connectivity index (χ3v) is 4.81. The topological polar surface area (TPSA) is 108 Å². The lowest BCUT2D eigenvalue weighted by Crippen LogP contribution is -2.41. The second-order valence-corrected chi connectivity index (χ2v) is 6.84. The van der Waals surface area contributed by atoms with Gasteiger partial charge in [0.05, 0.1) is 5.92 Å². The largest absolute Gasteiger partial charge is 0.481 e. The average Bonchev–Trinajstić information content (AvgIpc) is 2.61. The molecule has 0 radical (unpaired) electrons. The number of hydrogen-bond donors (Lipinski definition) is 4. The van der Waals surface area contributed by atoms with Crippen LogP contribution in [-0.4, -0.2) is 42.6 Å². The highest BCUT2D eigenvalue weighted by Crippen LogP contribution is 2.22. The standard InChI is InChI=1S/C19H27N3O4/c1-12-3-4-15(16(11-12)13(2)18(24)25)17(23)22-19(26)21-10-7-14-5-8-20-9-6-14/h3-4,11,13-14,20H,5-10H2,1-2H3,(H,24,25)(H2,21,22,23,26). The summed E-state index contributed by atoms with van der Waals surface area (Å²) in [5.74, 6) is -1.85. The first-order valence-electron chi connectivity index (χ1n) is 9.01. The van der Waals surface area contributed by atoms with Crippen molar-refractivity contribution in [2.45, 2.75) is 39.0 Å². The monoisotopic (exact) mass is 361 g/mol. The Morgan fingerprint density at radius 3 is 2.62 bits per heavy atom. The second kappa shape index (κ2) is 9.33. The Labute approximate surface area is 153 Å². The molecule has 2 rings (SSSR count). The fourth-order valence-corrected chi connectivity index (χ4v) is 3.16. The summed E-state index contributed by atoms with van der Waals surface area (Å²) in [5.41, 5.74) is 1.47. The van der Waals surface area contributed by atoms with Crippen molar-refractivity contribution in [3.8, 4) is 0 Å². The van der Waals surface area contributed by atoms with Gasteiger partial charge < -0.3 is 15.7 Å². The molecule has 1 unspecified atom stereocenters. The maximum atomic E-state index is 12.4. The smallest absolute Gasteiger partial charge is 0.321 e. The van der Waals surface area contributed by atoms with Gasteiger partial charge in [0, 0.05) is 12.1 Å². The molecule has 1 aromatic rings. The van der Waals surface area contributed by atoms with Crippen molar-refractivity contribution in [2.75, 3.05) is 19.6 Å². The van der Waals surface area contributed by atoms with E-state index in [-0.39, 0.29) is 5.56 Å². The first-order valence-corrected chi connectivity index (χ1v) is 9.01. The third kappa shape index (κ3) is 5.56. The summed E-state index contributed by atoms with van der Waals surface area (Å²) in [6, 6.07) is 4.39.